The zero-order chi connectivity index (χ0) is 8.27. The van der Waals surface area contributed by atoms with Crippen LogP contribution < -0.4 is 0 Å². The standard InChI is InChI=1S/C8H12O3/c1-6(2)5-10-8-4-3-7(9)11-8/h8H,1,3-5H2,2H3. The van der Waals surface area contributed by atoms with Crippen molar-refractivity contribution in [1.29, 1.82) is 0 Å². The summed E-state index contributed by atoms with van der Waals surface area (Å²) in [6.45, 7) is 6.01. The van der Waals surface area contributed by atoms with E-state index in [2.05, 4.69) is 6.58 Å². The third-order valence-electron chi connectivity index (χ3n) is 1.36. The lowest BCUT2D eigenvalue weighted by Gasteiger charge is -2.09. The Labute approximate surface area is 66.0 Å². The Hall–Kier alpha value is -0.830. The van der Waals surface area contributed by atoms with Gasteiger partial charge < -0.3 is 9.47 Å². The Morgan fingerprint density at radius 2 is 2.64 bits per heavy atom. The van der Waals surface area contributed by atoms with Crippen LogP contribution in [0.3, 0.4) is 0 Å². The first-order chi connectivity index (χ1) is 5.18. The van der Waals surface area contributed by atoms with Gasteiger partial charge in [0.1, 0.15) is 0 Å². The molecule has 0 bridgehead atoms. The minimum absolute atomic E-state index is 0.170. The maximum absolute atomic E-state index is 10.6. The van der Waals surface area contributed by atoms with Gasteiger partial charge in [-0.1, -0.05) is 12.2 Å². The van der Waals surface area contributed by atoms with Gasteiger partial charge in [0.25, 0.3) is 0 Å². The summed E-state index contributed by atoms with van der Waals surface area (Å²) in [6.07, 6.45) is 0.812. The zero-order valence-corrected chi connectivity index (χ0v) is 6.63. The molecule has 3 nitrogen and oxygen atoms in total. The fourth-order valence-corrected chi connectivity index (χ4v) is 0.853. The second-order valence-electron chi connectivity index (χ2n) is 2.73. The lowest BCUT2D eigenvalue weighted by Crippen LogP contribution is -2.12. The Kier molecular flexibility index (Phi) is 2.65. The molecule has 1 atom stereocenters. The molecule has 0 spiro atoms. The van der Waals surface area contributed by atoms with Crippen LogP contribution in [-0.4, -0.2) is 18.9 Å². The molecule has 1 saturated heterocycles. The summed E-state index contributed by atoms with van der Waals surface area (Å²) < 4.78 is 10.0. The van der Waals surface area contributed by atoms with Crippen molar-refractivity contribution in [3.05, 3.63) is 12.2 Å². The van der Waals surface area contributed by atoms with Crippen molar-refractivity contribution in [1.82, 2.24) is 0 Å². The monoisotopic (exact) mass is 156 g/mol. The number of rotatable bonds is 3. The number of cyclic esters (lactones) is 1. The topological polar surface area (TPSA) is 35.5 Å². The minimum Gasteiger partial charge on any atom is -0.436 e. The van der Waals surface area contributed by atoms with E-state index in [-0.39, 0.29) is 12.3 Å². The first-order valence-corrected chi connectivity index (χ1v) is 3.64. The Morgan fingerprint density at radius 3 is 3.09 bits per heavy atom. The molecule has 1 heterocycles. The SMILES string of the molecule is C=C(C)COC1CCC(=O)O1. The van der Waals surface area contributed by atoms with Crippen molar-refractivity contribution in [2.75, 3.05) is 6.61 Å². The van der Waals surface area contributed by atoms with Crippen LogP contribution in [0.4, 0.5) is 0 Å². The number of ether oxygens (including phenoxy) is 2. The Balaban J connectivity index is 2.18. The van der Waals surface area contributed by atoms with Crippen LogP contribution in [0.5, 0.6) is 0 Å². The van der Waals surface area contributed by atoms with Gasteiger partial charge in [-0.3, -0.25) is 4.79 Å². The molecule has 0 aromatic heterocycles. The van der Waals surface area contributed by atoms with E-state index in [1.54, 1.807) is 0 Å². The van der Waals surface area contributed by atoms with Gasteiger partial charge >= 0.3 is 5.97 Å². The molecule has 0 N–H and O–H groups in total. The quantitative estimate of drug-likeness (QED) is 0.455. The minimum atomic E-state index is -0.334. The van der Waals surface area contributed by atoms with Crippen LogP contribution >= 0.6 is 0 Å². The van der Waals surface area contributed by atoms with E-state index >= 15 is 0 Å². The normalized spacial score (nSPS) is 23.4. The number of carbonyl (C=O) groups excluding carboxylic acids is 1. The van der Waals surface area contributed by atoms with Gasteiger partial charge in [0, 0.05) is 6.42 Å². The molecule has 62 valence electrons. The van der Waals surface area contributed by atoms with E-state index in [4.69, 9.17) is 9.47 Å². The second kappa shape index (κ2) is 3.53. The maximum atomic E-state index is 10.6. The van der Waals surface area contributed by atoms with Gasteiger partial charge in [-0.15, -0.1) is 0 Å². The van der Waals surface area contributed by atoms with Crippen molar-refractivity contribution < 1.29 is 14.3 Å². The first-order valence-electron chi connectivity index (χ1n) is 3.64. The van der Waals surface area contributed by atoms with Crippen LogP contribution in [0.25, 0.3) is 0 Å². The molecule has 11 heavy (non-hydrogen) atoms. The average molecular weight is 156 g/mol. The molecule has 0 aromatic rings. The molecular weight excluding hydrogens is 144 g/mol. The summed E-state index contributed by atoms with van der Waals surface area (Å²) in [5.74, 6) is -0.170. The van der Waals surface area contributed by atoms with Crippen molar-refractivity contribution >= 4 is 5.97 Å². The molecule has 3 heteroatoms. The molecule has 0 radical (unpaired) electrons. The van der Waals surface area contributed by atoms with Crippen molar-refractivity contribution in [2.45, 2.75) is 26.1 Å². The lowest BCUT2D eigenvalue weighted by molar-refractivity contribution is -0.160. The van der Waals surface area contributed by atoms with Crippen LogP contribution in [0.1, 0.15) is 19.8 Å². The van der Waals surface area contributed by atoms with Gasteiger partial charge in [-0.05, 0) is 6.92 Å². The first kappa shape index (κ1) is 8.27. The van der Waals surface area contributed by atoms with Crippen LogP contribution in [0.2, 0.25) is 0 Å². The molecule has 0 aliphatic carbocycles. The van der Waals surface area contributed by atoms with Gasteiger partial charge in [0.2, 0.25) is 6.29 Å². The van der Waals surface area contributed by atoms with Gasteiger partial charge in [-0.25, -0.2) is 0 Å². The van der Waals surface area contributed by atoms with Crippen molar-refractivity contribution in [2.24, 2.45) is 0 Å². The van der Waals surface area contributed by atoms with E-state index < -0.39 is 0 Å². The number of hydrogen-bond donors (Lipinski definition) is 0. The third-order valence-corrected chi connectivity index (χ3v) is 1.36. The summed E-state index contributed by atoms with van der Waals surface area (Å²) in [5, 5.41) is 0. The predicted molar refractivity (Wildman–Crippen MR) is 39.9 cm³/mol. The molecule has 1 unspecified atom stereocenters. The van der Waals surface area contributed by atoms with Crippen LogP contribution in [0.15, 0.2) is 12.2 Å². The van der Waals surface area contributed by atoms with E-state index in [9.17, 15) is 4.79 Å². The number of carbonyl (C=O) groups is 1. The Morgan fingerprint density at radius 1 is 1.91 bits per heavy atom. The van der Waals surface area contributed by atoms with E-state index in [0.717, 1.165) is 5.57 Å². The van der Waals surface area contributed by atoms with Crippen LogP contribution in [-0.2, 0) is 14.3 Å². The Bertz CT molecular complexity index is 174. The summed E-state index contributed by atoms with van der Waals surface area (Å²) in [4.78, 5) is 10.6. The molecule has 0 amide bonds. The van der Waals surface area contributed by atoms with Gasteiger partial charge in [0.15, 0.2) is 0 Å². The van der Waals surface area contributed by atoms with Gasteiger partial charge in [-0.2, -0.15) is 0 Å². The molecule has 1 fully saturated rings. The van der Waals surface area contributed by atoms with Crippen LogP contribution in [0, 0.1) is 0 Å². The van der Waals surface area contributed by atoms with E-state index in [0.29, 0.717) is 19.4 Å². The highest BCUT2D eigenvalue weighted by Gasteiger charge is 2.23. The molecule has 1 aliphatic heterocycles. The lowest BCUT2D eigenvalue weighted by atomic mass is 10.3. The number of esters is 1. The molecule has 1 rings (SSSR count). The third kappa shape index (κ3) is 2.72. The fourth-order valence-electron chi connectivity index (χ4n) is 0.853. The van der Waals surface area contributed by atoms with Crippen molar-refractivity contribution in [3.63, 3.8) is 0 Å². The maximum Gasteiger partial charge on any atom is 0.308 e. The highest BCUT2D eigenvalue weighted by atomic mass is 16.7. The van der Waals surface area contributed by atoms with E-state index in [1.807, 2.05) is 6.92 Å². The highest BCUT2D eigenvalue weighted by Crippen LogP contribution is 2.14. The molecule has 1 aliphatic rings. The summed E-state index contributed by atoms with van der Waals surface area (Å²) >= 11 is 0. The van der Waals surface area contributed by atoms with Crippen molar-refractivity contribution in [3.8, 4) is 0 Å². The molecule has 0 saturated carbocycles. The van der Waals surface area contributed by atoms with Gasteiger partial charge in [0.05, 0.1) is 13.0 Å². The smallest absolute Gasteiger partial charge is 0.308 e. The molecular formula is C8H12O3. The fraction of sp³-hybridized carbons (Fsp3) is 0.625. The largest absolute Gasteiger partial charge is 0.436 e. The molecule has 0 aromatic carbocycles. The predicted octanol–water partition coefficient (Wildman–Crippen LogP) is 1.24. The number of hydrogen-bond acceptors (Lipinski definition) is 3. The average Bonchev–Trinajstić information content (AvgIpc) is 2.31. The summed E-state index contributed by atoms with van der Waals surface area (Å²) in [7, 11) is 0. The highest BCUT2D eigenvalue weighted by molar-refractivity contribution is 5.71. The summed E-state index contributed by atoms with van der Waals surface area (Å²) in [5.41, 5.74) is 0.938. The second-order valence-corrected chi connectivity index (χ2v) is 2.73. The zero-order valence-electron chi connectivity index (χ0n) is 6.63. The van der Waals surface area contributed by atoms with E-state index in [1.165, 1.54) is 0 Å². The summed E-state index contributed by atoms with van der Waals surface area (Å²) in [6, 6.07) is 0.